The Morgan fingerprint density at radius 1 is 1.35 bits per heavy atom. The fraction of sp³-hybridized carbons (Fsp3) is 0.533. The molecule has 2 unspecified atom stereocenters. The predicted octanol–water partition coefficient (Wildman–Crippen LogP) is 2.80. The molecule has 2 rings (SSSR count). The summed E-state index contributed by atoms with van der Waals surface area (Å²) >= 11 is 0. The molecule has 0 saturated carbocycles. The van der Waals surface area contributed by atoms with Gasteiger partial charge < -0.3 is 5.11 Å². The summed E-state index contributed by atoms with van der Waals surface area (Å²) in [5, 5.41) is 20.0. The minimum absolute atomic E-state index is 0.0980. The van der Waals surface area contributed by atoms with Crippen LogP contribution >= 0.6 is 0 Å². The summed E-state index contributed by atoms with van der Waals surface area (Å²) in [6.07, 6.45) is 2.17. The fourth-order valence-electron chi connectivity index (χ4n) is 2.92. The Balaban J connectivity index is 2.54. The molecule has 1 aromatic carbocycles. The van der Waals surface area contributed by atoms with Crippen LogP contribution in [0.5, 0.6) is 0 Å². The summed E-state index contributed by atoms with van der Waals surface area (Å²) in [7, 11) is 0. The zero-order valence-electron chi connectivity index (χ0n) is 10.5. The van der Waals surface area contributed by atoms with Gasteiger partial charge in [0, 0.05) is 0 Å². The van der Waals surface area contributed by atoms with Crippen molar-refractivity contribution in [2.24, 2.45) is 5.92 Å². The highest BCUT2D eigenvalue weighted by atomic mass is 16.3. The molecule has 0 aliphatic heterocycles. The van der Waals surface area contributed by atoms with Crippen molar-refractivity contribution >= 4 is 0 Å². The number of nitrogens with zero attached hydrogens (tertiary/aromatic N) is 1. The van der Waals surface area contributed by atoms with Gasteiger partial charge in [-0.05, 0) is 36.3 Å². The molecular formula is C15H19NO. The molecule has 1 aliphatic rings. The third-order valence-electron chi connectivity index (χ3n) is 3.85. The van der Waals surface area contributed by atoms with Gasteiger partial charge in [0.2, 0.25) is 0 Å². The third kappa shape index (κ3) is 1.85. The van der Waals surface area contributed by atoms with Crippen LogP contribution in [0.1, 0.15) is 37.8 Å². The van der Waals surface area contributed by atoms with Crippen molar-refractivity contribution in [1.29, 1.82) is 5.26 Å². The molecule has 1 N–H and O–H groups in total. The van der Waals surface area contributed by atoms with Crippen molar-refractivity contribution in [3.63, 3.8) is 0 Å². The first-order chi connectivity index (χ1) is 8.12. The second-order valence-corrected chi connectivity index (χ2v) is 5.28. The minimum atomic E-state index is -0.705. The number of benzene rings is 1. The third-order valence-corrected chi connectivity index (χ3v) is 3.85. The maximum absolute atomic E-state index is 10.4. The van der Waals surface area contributed by atoms with E-state index >= 15 is 0 Å². The molecule has 0 aromatic heterocycles. The minimum Gasteiger partial charge on any atom is -0.391 e. The van der Waals surface area contributed by atoms with Gasteiger partial charge in [0.1, 0.15) is 5.41 Å². The Kier molecular flexibility index (Phi) is 3.22. The Labute approximate surface area is 103 Å². The Hall–Kier alpha value is -1.33. The van der Waals surface area contributed by atoms with Gasteiger partial charge in [0.05, 0.1) is 12.2 Å². The van der Waals surface area contributed by atoms with E-state index < -0.39 is 11.5 Å². The highest BCUT2D eigenvalue weighted by Crippen LogP contribution is 2.41. The predicted molar refractivity (Wildman–Crippen MR) is 67.5 cm³/mol. The van der Waals surface area contributed by atoms with Crippen LogP contribution in [0.2, 0.25) is 0 Å². The number of rotatable bonds is 2. The van der Waals surface area contributed by atoms with Crippen molar-refractivity contribution < 1.29 is 5.11 Å². The van der Waals surface area contributed by atoms with Crippen LogP contribution < -0.4 is 0 Å². The molecule has 1 aromatic rings. The zero-order valence-corrected chi connectivity index (χ0v) is 10.5. The highest BCUT2D eigenvalue weighted by Gasteiger charge is 2.44. The molecule has 0 bridgehead atoms. The first kappa shape index (κ1) is 12.1. The molecular weight excluding hydrogens is 210 g/mol. The largest absolute Gasteiger partial charge is 0.391 e. The van der Waals surface area contributed by atoms with Crippen molar-refractivity contribution in [2.45, 2.75) is 44.6 Å². The maximum Gasteiger partial charge on any atom is 0.108 e. The molecule has 1 aliphatic carbocycles. The molecule has 17 heavy (non-hydrogen) atoms. The quantitative estimate of drug-likeness (QED) is 0.847. The van der Waals surface area contributed by atoms with Crippen molar-refractivity contribution in [3.05, 3.63) is 35.4 Å². The van der Waals surface area contributed by atoms with E-state index in [1.807, 2.05) is 32.0 Å². The molecule has 90 valence electrons. The normalized spacial score (nSPS) is 25.1. The smallest absolute Gasteiger partial charge is 0.108 e. The van der Waals surface area contributed by atoms with E-state index in [1.165, 1.54) is 5.56 Å². The molecule has 0 amide bonds. The average Bonchev–Trinajstić information content (AvgIpc) is 2.37. The summed E-state index contributed by atoms with van der Waals surface area (Å²) in [5.74, 6) is 0.0980. The summed E-state index contributed by atoms with van der Waals surface area (Å²) in [4.78, 5) is 0. The number of aryl methyl sites for hydroxylation is 1. The summed E-state index contributed by atoms with van der Waals surface area (Å²) in [6, 6.07) is 10.5. The molecule has 2 atom stereocenters. The van der Waals surface area contributed by atoms with Crippen LogP contribution in [0.4, 0.5) is 0 Å². The molecule has 0 spiro atoms. The number of aliphatic hydroxyl groups is 1. The van der Waals surface area contributed by atoms with Crippen LogP contribution in [0.3, 0.4) is 0 Å². The lowest BCUT2D eigenvalue weighted by Crippen LogP contribution is -2.44. The number of hydrogen-bond acceptors (Lipinski definition) is 2. The van der Waals surface area contributed by atoms with E-state index in [2.05, 4.69) is 12.1 Å². The molecule has 0 saturated heterocycles. The van der Waals surface area contributed by atoms with E-state index in [-0.39, 0.29) is 5.92 Å². The van der Waals surface area contributed by atoms with E-state index in [0.29, 0.717) is 0 Å². The average molecular weight is 229 g/mol. The second-order valence-electron chi connectivity index (χ2n) is 5.28. The number of aliphatic hydroxyl groups excluding tert-OH is 1. The van der Waals surface area contributed by atoms with Gasteiger partial charge in [-0.3, -0.25) is 0 Å². The monoisotopic (exact) mass is 229 g/mol. The summed E-state index contributed by atoms with van der Waals surface area (Å²) in [5.41, 5.74) is 1.55. The highest BCUT2D eigenvalue weighted by molar-refractivity contribution is 5.43. The lowest BCUT2D eigenvalue weighted by molar-refractivity contribution is 0.0578. The van der Waals surface area contributed by atoms with E-state index in [0.717, 1.165) is 24.8 Å². The number of nitriles is 1. The van der Waals surface area contributed by atoms with Crippen LogP contribution in [0.15, 0.2) is 24.3 Å². The van der Waals surface area contributed by atoms with Gasteiger partial charge in [0.25, 0.3) is 0 Å². The van der Waals surface area contributed by atoms with Crippen molar-refractivity contribution in [3.8, 4) is 6.07 Å². The van der Waals surface area contributed by atoms with Gasteiger partial charge in [-0.25, -0.2) is 0 Å². The molecule has 0 fully saturated rings. The zero-order chi connectivity index (χ0) is 12.5. The Morgan fingerprint density at radius 2 is 2.06 bits per heavy atom. The van der Waals surface area contributed by atoms with Crippen molar-refractivity contribution in [2.75, 3.05) is 0 Å². The van der Waals surface area contributed by atoms with Crippen LogP contribution in [0.25, 0.3) is 0 Å². The Bertz CT molecular complexity index is 446. The van der Waals surface area contributed by atoms with Gasteiger partial charge in [-0.15, -0.1) is 0 Å². The summed E-state index contributed by atoms with van der Waals surface area (Å²) in [6.45, 7) is 3.95. The van der Waals surface area contributed by atoms with Gasteiger partial charge in [-0.1, -0.05) is 38.1 Å². The molecule has 2 nitrogen and oxygen atoms in total. The molecule has 2 heteroatoms. The number of hydrogen-bond donors (Lipinski definition) is 1. The lowest BCUT2D eigenvalue weighted by atomic mass is 9.65. The standard InChI is InChI=1S/C15H19NO/c1-11(2)14(17)15(10-16)9-5-7-12-6-3-4-8-13(12)15/h3-4,6,8,11,14,17H,5,7,9H2,1-2H3. The fourth-order valence-corrected chi connectivity index (χ4v) is 2.92. The van der Waals surface area contributed by atoms with Crippen LogP contribution in [-0.2, 0) is 11.8 Å². The SMILES string of the molecule is CC(C)C(O)C1(C#N)CCCc2ccccc21. The van der Waals surface area contributed by atoms with Crippen LogP contribution in [-0.4, -0.2) is 11.2 Å². The Morgan fingerprint density at radius 3 is 2.71 bits per heavy atom. The lowest BCUT2D eigenvalue weighted by Gasteiger charge is -2.38. The van der Waals surface area contributed by atoms with E-state index in [9.17, 15) is 10.4 Å². The number of fused-ring (bicyclic) bond motifs is 1. The van der Waals surface area contributed by atoms with Crippen LogP contribution in [0, 0.1) is 17.2 Å². The second kappa shape index (κ2) is 4.50. The van der Waals surface area contributed by atoms with E-state index in [1.54, 1.807) is 0 Å². The van der Waals surface area contributed by atoms with Crippen molar-refractivity contribution in [1.82, 2.24) is 0 Å². The van der Waals surface area contributed by atoms with Gasteiger partial charge in [-0.2, -0.15) is 5.26 Å². The first-order valence-corrected chi connectivity index (χ1v) is 6.29. The first-order valence-electron chi connectivity index (χ1n) is 6.29. The topological polar surface area (TPSA) is 44.0 Å². The summed E-state index contributed by atoms with van der Waals surface area (Å²) < 4.78 is 0. The molecule has 0 radical (unpaired) electrons. The molecule has 0 heterocycles. The van der Waals surface area contributed by atoms with Gasteiger partial charge >= 0.3 is 0 Å². The van der Waals surface area contributed by atoms with Gasteiger partial charge in [0.15, 0.2) is 0 Å². The maximum atomic E-state index is 10.4. The van der Waals surface area contributed by atoms with E-state index in [4.69, 9.17) is 0 Å².